The number of hydrogen-bond donors (Lipinski definition) is 2. The van der Waals surface area contributed by atoms with Gasteiger partial charge >= 0.3 is 0 Å². The second-order valence-corrected chi connectivity index (χ2v) is 6.50. The highest BCUT2D eigenvalue weighted by Gasteiger charge is 2.15. The van der Waals surface area contributed by atoms with Gasteiger partial charge in [0.2, 0.25) is 0 Å². The topological polar surface area (TPSA) is 64.1 Å². The third-order valence-electron chi connectivity index (χ3n) is 4.39. The zero-order chi connectivity index (χ0) is 18.6. The molecule has 1 aliphatic heterocycles. The van der Waals surface area contributed by atoms with Crippen molar-refractivity contribution in [3.05, 3.63) is 29.8 Å². The van der Waals surface area contributed by atoms with Crippen molar-refractivity contribution in [1.29, 1.82) is 0 Å². The zero-order valence-electron chi connectivity index (χ0n) is 16.3. The summed E-state index contributed by atoms with van der Waals surface area (Å²) in [6.45, 7) is 8.92. The predicted molar refractivity (Wildman–Crippen MR) is 105 cm³/mol. The lowest BCUT2D eigenvalue weighted by molar-refractivity contribution is 0.0420. The predicted octanol–water partition coefficient (Wildman–Crippen LogP) is 2.55. The van der Waals surface area contributed by atoms with Crippen LogP contribution in [0.2, 0.25) is 0 Å². The Balaban J connectivity index is 1.75. The van der Waals surface area contributed by atoms with Crippen LogP contribution in [0, 0.1) is 0 Å². The van der Waals surface area contributed by atoms with Gasteiger partial charge in [-0.3, -0.25) is 4.99 Å². The summed E-state index contributed by atoms with van der Waals surface area (Å²) in [5.41, 5.74) is 1.18. The maximum absolute atomic E-state index is 5.79. The molecule has 0 aromatic heterocycles. The molecule has 1 fully saturated rings. The first-order valence-corrected chi connectivity index (χ1v) is 9.59. The van der Waals surface area contributed by atoms with E-state index < -0.39 is 0 Å². The molecule has 0 amide bonds. The van der Waals surface area contributed by atoms with E-state index in [2.05, 4.69) is 30.5 Å². The normalized spacial score (nSPS) is 18.6. The van der Waals surface area contributed by atoms with E-state index in [-0.39, 0.29) is 12.0 Å². The smallest absolute Gasteiger partial charge is 0.191 e. The third kappa shape index (κ3) is 6.84. The van der Waals surface area contributed by atoms with E-state index in [0.717, 1.165) is 57.5 Å². The molecule has 0 aliphatic carbocycles. The molecule has 1 heterocycles. The minimum Gasteiger partial charge on any atom is -0.496 e. The molecule has 26 heavy (non-hydrogen) atoms. The summed E-state index contributed by atoms with van der Waals surface area (Å²) in [6, 6.07) is 8.12. The summed E-state index contributed by atoms with van der Waals surface area (Å²) in [7, 11) is 1.71. The number of benzene rings is 1. The standard InChI is InChI=1S/C20H33N3O3/c1-4-21-20(22-11-7-12-26-17-10-13-25-15-17)23-14-16(2)18-8-5-6-9-19(18)24-3/h5-6,8-9,16-17H,4,7,10-15H2,1-3H3,(H2,21,22,23). The Bertz CT molecular complexity index is 545. The summed E-state index contributed by atoms with van der Waals surface area (Å²) < 4.78 is 16.6. The number of hydrogen-bond acceptors (Lipinski definition) is 4. The number of para-hydroxylation sites is 1. The molecule has 2 rings (SSSR count). The average molecular weight is 364 g/mol. The van der Waals surface area contributed by atoms with Gasteiger partial charge in [0.05, 0.1) is 19.8 Å². The van der Waals surface area contributed by atoms with Crippen molar-refractivity contribution in [2.75, 3.05) is 46.6 Å². The quantitative estimate of drug-likeness (QED) is 0.380. The maximum Gasteiger partial charge on any atom is 0.191 e. The Morgan fingerprint density at radius 2 is 2.19 bits per heavy atom. The van der Waals surface area contributed by atoms with Crippen molar-refractivity contribution >= 4 is 5.96 Å². The minimum atomic E-state index is 0.276. The van der Waals surface area contributed by atoms with Crippen LogP contribution >= 0.6 is 0 Å². The van der Waals surface area contributed by atoms with Crippen LogP contribution in [0.4, 0.5) is 0 Å². The van der Waals surface area contributed by atoms with Crippen LogP contribution in [0.15, 0.2) is 29.3 Å². The van der Waals surface area contributed by atoms with E-state index in [4.69, 9.17) is 19.2 Å². The Morgan fingerprint density at radius 1 is 1.35 bits per heavy atom. The van der Waals surface area contributed by atoms with Crippen molar-refractivity contribution in [3.8, 4) is 5.75 Å². The molecule has 0 bridgehead atoms. The Kier molecular flexibility index (Phi) is 9.28. The SMILES string of the molecule is CCNC(=NCC(C)c1ccccc1OC)NCCCOC1CCOC1. The lowest BCUT2D eigenvalue weighted by atomic mass is 10.0. The number of methoxy groups -OCH3 is 1. The minimum absolute atomic E-state index is 0.276. The number of nitrogens with zero attached hydrogens (tertiary/aromatic N) is 1. The van der Waals surface area contributed by atoms with Crippen LogP contribution in [-0.2, 0) is 9.47 Å². The third-order valence-corrected chi connectivity index (χ3v) is 4.39. The monoisotopic (exact) mass is 363 g/mol. The zero-order valence-corrected chi connectivity index (χ0v) is 16.3. The first-order valence-electron chi connectivity index (χ1n) is 9.59. The van der Waals surface area contributed by atoms with Gasteiger partial charge in [0, 0.05) is 38.8 Å². The number of ether oxygens (including phenoxy) is 3. The largest absolute Gasteiger partial charge is 0.496 e. The summed E-state index contributed by atoms with van der Waals surface area (Å²) in [5, 5.41) is 6.67. The lowest BCUT2D eigenvalue weighted by Crippen LogP contribution is -2.38. The van der Waals surface area contributed by atoms with Gasteiger partial charge in [0.15, 0.2) is 5.96 Å². The second kappa shape index (κ2) is 11.8. The van der Waals surface area contributed by atoms with Crippen LogP contribution in [0.3, 0.4) is 0 Å². The fourth-order valence-electron chi connectivity index (χ4n) is 2.92. The number of nitrogens with one attached hydrogen (secondary N) is 2. The molecule has 1 saturated heterocycles. The average Bonchev–Trinajstić information content (AvgIpc) is 3.19. The Hall–Kier alpha value is -1.79. The van der Waals surface area contributed by atoms with Crippen LogP contribution in [-0.4, -0.2) is 58.6 Å². The molecule has 6 heteroatoms. The molecular formula is C20H33N3O3. The van der Waals surface area contributed by atoms with Gasteiger partial charge in [0.25, 0.3) is 0 Å². The van der Waals surface area contributed by atoms with Gasteiger partial charge in [-0.15, -0.1) is 0 Å². The molecular weight excluding hydrogens is 330 g/mol. The number of guanidine groups is 1. The fraction of sp³-hybridized carbons (Fsp3) is 0.650. The summed E-state index contributed by atoms with van der Waals surface area (Å²) in [4.78, 5) is 4.72. The van der Waals surface area contributed by atoms with Crippen molar-refractivity contribution in [1.82, 2.24) is 10.6 Å². The highest BCUT2D eigenvalue weighted by Crippen LogP contribution is 2.26. The lowest BCUT2D eigenvalue weighted by Gasteiger charge is -2.16. The Morgan fingerprint density at radius 3 is 2.92 bits per heavy atom. The molecule has 1 aliphatic rings. The van der Waals surface area contributed by atoms with Crippen LogP contribution < -0.4 is 15.4 Å². The van der Waals surface area contributed by atoms with Gasteiger partial charge in [-0.1, -0.05) is 25.1 Å². The maximum atomic E-state index is 5.79. The fourth-order valence-corrected chi connectivity index (χ4v) is 2.92. The van der Waals surface area contributed by atoms with Crippen molar-refractivity contribution in [2.24, 2.45) is 4.99 Å². The van der Waals surface area contributed by atoms with E-state index in [1.165, 1.54) is 5.56 Å². The molecule has 6 nitrogen and oxygen atoms in total. The summed E-state index contributed by atoms with van der Waals surface area (Å²) >= 11 is 0. The Labute approximate surface area is 157 Å². The first kappa shape index (κ1) is 20.5. The highest BCUT2D eigenvalue weighted by molar-refractivity contribution is 5.79. The van der Waals surface area contributed by atoms with E-state index in [0.29, 0.717) is 6.54 Å². The first-order chi connectivity index (χ1) is 12.7. The van der Waals surface area contributed by atoms with E-state index in [1.807, 2.05) is 18.2 Å². The number of aliphatic imine (C=N–C) groups is 1. The van der Waals surface area contributed by atoms with Crippen LogP contribution in [0.1, 0.15) is 38.2 Å². The van der Waals surface area contributed by atoms with Gasteiger partial charge in [-0.25, -0.2) is 0 Å². The highest BCUT2D eigenvalue weighted by atomic mass is 16.5. The molecule has 1 aromatic carbocycles. The molecule has 0 saturated carbocycles. The molecule has 1 aromatic rings. The van der Waals surface area contributed by atoms with E-state index in [1.54, 1.807) is 7.11 Å². The van der Waals surface area contributed by atoms with Crippen LogP contribution in [0.5, 0.6) is 5.75 Å². The molecule has 2 atom stereocenters. The van der Waals surface area contributed by atoms with Gasteiger partial charge in [0.1, 0.15) is 5.75 Å². The number of rotatable bonds is 10. The molecule has 146 valence electrons. The van der Waals surface area contributed by atoms with Crippen molar-refractivity contribution in [2.45, 2.75) is 38.7 Å². The molecule has 0 spiro atoms. The van der Waals surface area contributed by atoms with Gasteiger partial charge in [-0.2, -0.15) is 0 Å². The van der Waals surface area contributed by atoms with Crippen LogP contribution in [0.25, 0.3) is 0 Å². The van der Waals surface area contributed by atoms with Crippen molar-refractivity contribution < 1.29 is 14.2 Å². The van der Waals surface area contributed by atoms with Crippen molar-refractivity contribution in [3.63, 3.8) is 0 Å². The van der Waals surface area contributed by atoms with E-state index >= 15 is 0 Å². The summed E-state index contributed by atoms with van der Waals surface area (Å²) in [5.74, 6) is 2.05. The van der Waals surface area contributed by atoms with E-state index in [9.17, 15) is 0 Å². The molecule has 0 radical (unpaired) electrons. The van der Waals surface area contributed by atoms with Gasteiger partial charge in [-0.05, 0) is 31.4 Å². The summed E-state index contributed by atoms with van der Waals surface area (Å²) in [6.07, 6.45) is 2.24. The molecule has 2 N–H and O–H groups in total. The molecule has 2 unspecified atom stereocenters. The van der Waals surface area contributed by atoms with Gasteiger partial charge < -0.3 is 24.8 Å². The second-order valence-electron chi connectivity index (χ2n) is 6.50.